The summed E-state index contributed by atoms with van der Waals surface area (Å²) < 4.78 is 5.35. The van der Waals surface area contributed by atoms with Crippen molar-refractivity contribution in [1.82, 2.24) is 9.80 Å². The van der Waals surface area contributed by atoms with E-state index in [4.69, 9.17) is 9.84 Å². The van der Waals surface area contributed by atoms with Gasteiger partial charge in [-0.1, -0.05) is 13.8 Å². The van der Waals surface area contributed by atoms with Crippen molar-refractivity contribution in [3.63, 3.8) is 0 Å². The lowest BCUT2D eigenvalue weighted by molar-refractivity contribution is -0.155. The molecule has 1 fully saturated rings. The van der Waals surface area contributed by atoms with E-state index in [0.29, 0.717) is 31.8 Å². The summed E-state index contributed by atoms with van der Waals surface area (Å²) >= 11 is 0. The maximum Gasteiger partial charge on any atom is 0.332 e. The number of ether oxygens (including phenoxy) is 1. The van der Waals surface area contributed by atoms with Crippen molar-refractivity contribution in [3.8, 4) is 0 Å². The highest BCUT2D eigenvalue weighted by atomic mass is 16.5. The first-order chi connectivity index (χ1) is 9.31. The highest BCUT2D eigenvalue weighted by Gasteiger charge is 2.36. The molecule has 1 amide bonds. The second kappa shape index (κ2) is 7.59. The average molecular weight is 286 g/mol. The number of hydrogen-bond donors (Lipinski definition) is 1. The summed E-state index contributed by atoms with van der Waals surface area (Å²) in [5.41, 5.74) is 0. The van der Waals surface area contributed by atoms with Crippen LogP contribution in [-0.4, -0.2) is 72.7 Å². The summed E-state index contributed by atoms with van der Waals surface area (Å²) in [6, 6.07) is 0. The molecule has 0 spiro atoms. The number of carbonyl (C=O) groups is 2. The maximum atomic E-state index is 12.5. The van der Waals surface area contributed by atoms with Gasteiger partial charge in [-0.25, -0.2) is 4.79 Å². The molecule has 0 aliphatic carbocycles. The van der Waals surface area contributed by atoms with Gasteiger partial charge in [0.15, 0.2) is 6.10 Å². The molecule has 116 valence electrons. The van der Waals surface area contributed by atoms with E-state index < -0.39 is 18.2 Å². The number of carboxylic acid groups (broad SMARTS) is 1. The first-order valence-corrected chi connectivity index (χ1v) is 7.13. The highest BCUT2D eigenvalue weighted by molar-refractivity contribution is 5.82. The predicted molar refractivity (Wildman–Crippen MR) is 75.5 cm³/mol. The van der Waals surface area contributed by atoms with Crippen molar-refractivity contribution >= 4 is 11.9 Å². The van der Waals surface area contributed by atoms with Crippen molar-refractivity contribution in [2.45, 2.75) is 38.9 Å². The average Bonchev–Trinajstić information content (AvgIpc) is 2.82. The minimum Gasteiger partial charge on any atom is -0.479 e. The van der Waals surface area contributed by atoms with Crippen LogP contribution in [0.2, 0.25) is 0 Å². The fourth-order valence-corrected chi connectivity index (χ4v) is 2.26. The largest absolute Gasteiger partial charge is 0.479 e. The third-order valence-electron chi connectivity index (χ3n) is 3.28. The van der Waals surface area contributed by atoms with E-state index >= 15 is 0 Å². The predicted octanol–water partition coefficient (Wildman–Crippen LogP) is 0.665. The van der Waals surface area contributed by atoms with Gasteiger partial charge in [0.25, 0.3) is 5.91 Å². The van der Waals surface area contributed by atoms with Gasteiger partial charge in [0.2, 0.25) is 0 Å². The normalized spacial score (nSPS) is 22.5. The van der Waals surface area contributed by atoms with Crippen LogP contribution in [0.3, 0.4) is 0 Å². The van der Waals surface area contributed by atoms with Crippen LogP contribution in [0.25, 0.3) is 0 Å². The van der Waals surface area contributed by atoms with Crippen LogP contribution in [0.15, 0.2) is 0 Å². The zero-order chi connectivity index (χ0) is 15.3. The Labute approximate surface area is 120 Å². The van der Waals surface area contributed by atoms with Crippen molar-refractivity contribution < 1.29 is 19.4 Å². The monoisotopic (exact) mass is 286 g/mol. The molecule has 2 atom stereocenters. The number of rotatable bonds is 7. The lowest BCUT2D eigenvalue weighted by Gasteiger charge is -2.28. The molecule has 0 bridgehead atoms. The molecule has 20 heavy (non-hydrogen) atoms. The van der Waals surface area contributed by atoms with Crippen LogP contribution in [0, 0.1) is 5.92 Å². The summed E-state index contributed by atoms with van der Waals surface area (Å²) in [6.07, 6.45) is -0.530. The van der Waals surface area contributed by atoms with Gasteiger partial charge in [-0.2, -0.15) is 0 Å². The minimum atomic E-state index is -0.982. The number of aliphatic carboxylic acids is 1. The highest BCUT2D eigenvalue weighted by Crippen LogP contribution is 2.22. The molecule has 1 aliphatic rings. The number of carboxylic acids is 1. The van der Waals surface area contributed by atoms with Gasteiger partial charge in [0, 0.05) is 19.6 Å². The molecule has 0 saturated carbocycles. The van der Waals surface area contributed by atoms with E-state index in [1.807, 2.05) is 19.0 Å². The van der Waals surface area contributed by atoms with Gasteiger partial charge < -0.3 is 19.6 Å². The SMILES string of the molecule is CC(C)CN(CCN(C)C)C(=O)C1CCC(C(=O)O)O1. The molecule has 0 aromatic rings. The van der Waals surface area contributed by atoms with Gasteiger partial charge in [-0.05, 0) is 32.9 Å². The lowest BCUT2D eigenvalue weighted by atomic mass is 10.1. The third-order valence-corrected chi connectivity index (χ3v) is 3.28. The molecule has 6 nitrogen and oxygen atoms in total. The zero-order valence-corrected chi connectivity index (χ0v) is 12.8. The Balaban J connectivity index is 2.60. The molecule has 0 aromatic heterocycles. The Bertz CT molecular complexity index is 344. The van der Waals surface area contributed by atoms with Gasteiger partial charge in [0.05, 0.1) is 0 Å². The fourth-order valence-electron chi connectivity index (χ4n) is 2.26. The van der Waals surface area contributed by atoms with Crippen LogP contribution in [0.5, 0.6) is 0 Å². The number of amides is 1. The van der Waals surface area contributed by atoms with Crippen LogP contribution < -0.4 is 0 Å². The second-order valence-corrected chi connectivity index (χ2v) is 6.01. The number of hydrogen-bond acceptors (Lipinski definition) is 4. The van der Waals surface area contributed by atoms with Crippen molar-refractivity contribution in [3.05, 3.63) is 0 Å². The topological polar surface area (TPSA) is 70.1 Å². The molecule has 0 radical (unpaired) electrons. The van der Waals surface area contributed by atoms with Crippen LogP contribution in [0.1, 0.15) is 26.7 Å². The van der Waals surface area contributed by atoms with Crippen molar-refractivity contribution in [2.75, 3.05) is 33.7 Å². The smallest absolute Gasteiger partial charge is 0.332 e. The van der Waals surface area contributed by atoms with E-state index in [9.17, 15) is 9.59 Å². The standard InChI is InChI=1S/C14H26N2O4/c1-10(2)9-16(8-7-15(3)4)13(17)11-5-6-12(20-11)14(18)19/h10-12H,5-9H2,1-4H3,(H,18,19). The van der Waals surface area contributed by atoms with Crippen LogP contribution in [-0.2, 0) is 14.3 Å². The molecule has 1 heterocycles. The van der Waals surface area contributed by atoms with E-state index in [2.05, 4.69) is 13.8 Å². The van der Waals surface area contributed by atoms with Crippen molar-refractivity contribution in [1.29, 1.82) is 0 Å². The Kier molecular flexibility index (Phi) is 6.42. The Morgan fingerprint density at radius 3 is 2.25 bits per heavy atom. The van der Waals surface area contributed by atoms with Gasteiger partial charge in [0.1, 0.15) is 6.10 Å². The zero-order valence-electron chi connectivity index (χ0n) is 12.8. The first-order valence-electron chi connectivity index (χ1n) is 7.13. The Morgan fingerprint density at radius 2 is 1.80 bits per heavy atom. The van der Waals surface area contributed by atoms with Gasteiger partial charge >= 0.3 is 5.97 Å². The molecule has 1 N–H and O–H groups in total. The number of likely N-dealkylation sites (N-methyl/N-ethyl adjacent to an activating group) is 1. The van der Waals surface area contributed by atoms with Crippen LogP contribution in [0.4, 0.5) is 0 Å². The molecular weight excluding hydrogens is 260 g/mol. The van der Waals surface area contributed by atoms with Crippen molar-refractivity contribution in [2.24, 2.45) is 5.92 Å². The Morgan fingerprint density at radius 1 is 1.20 bits per heavy atom. The Hall–Kier alpha value is -1.14. The summed E-state index contributed by atoms with van der Waals surface area (Å²) in [6.45, 7) is 6.22. The quantitative estimate of drug-likeness (QED) is 0.744. The molecule has 1 saturated heterocycles. The van der Waals surface area contributed by atoms with E-state index in [0.717, 1.165) is 6.54 Å². The lowest BCUT2D eigenvalue weighted by Crippen LogP contribution is -2.44. The third kappa shape index (κ3) is 5.09. The molecule has 6 heteroatoms. The van der Waals surface area contributed by atoms with Gasteiger partial charge in [-0.15, -0.1) is 0 Å². The summed E-state index contributed by atoms with van der Waals surface area (Å²) in [4.78, 5) is 27.1. The second-order valence-electron chi connectivity index (χ2n) is 6.01. The van der Waals surface area contributed by atoms with Gasteiger partial charge in [-0.3, -0.25) is 4.79 Å². The van der Waals surface area contributed by atoms with Crippen LogP contribution >= 0.6 is 0 Å². The summed E-state index contributed by atoms with van der Waals surface area (Å²) in [5.74, 6) is -0.689. The fraction of sp³-hybridized carbons (Fsp3) is 0.857. The summed E-state index contributed by atoms with van der Waals surface area (Å²) in [7, 11) is 3.93. The first kappa shape index (κ1) is 16.9. The summed E-state index contributed by atoms with van der Waals surface area (Å²) in [5, 5.41) is 8.92. The maximum absolute atomic E-state index is 12.5. The molecule has 2 unspecified atom stereocenters. The molecule has 0 aromatic carbocycles. The van der Waals surface area contributed by atoms with E-state index in [-0.39, 0.29) is 5.91 Å². The molecule has 1 aliphatic heterocycles. The molecular formula is C14H26N2O4. The van der Waals surface area contributed by atoms with E-state index in [1.165, 1.54) is 0 Å². The number of carbonyl (C=O) groups excluding carboxylic acids is 1. The number of nitrogens with zero attached hydrogens (tertiary/aromatic N) is 2. The minimum absolute atomic E-state index is 0.0794. The van der Waals surface area contributed by atoms with E-state index in [1.54, 1.807) is 4.90 Å². The molecule has 1 rings (SSSR count).